The van der Waals surface area contributed by atoms with Gasteiger partial charge < -0.3 is 5.73 Å². The molecule has 17 heavy (non-hydrogen) atoms. The quantitative estimate of drug-likeness (QED) is 0.870. The molecule has 3 heteroatoms. The summed E-state index contributed by atoms with van der Waals surface area (Å²) in [6.45, 7) is 5.78. The fraction of sp³-hybridized carbons (Fsp3) is 0.571. The van der Waals surface area contributed by atoms with Crippen LogP contribution in [-0.4, -0.2) is 18.0 Å². The molecule has 2 N–H and O–H groups in total. The molecule has 0 spiro atoms. The van der Waals surface area contributed by atoms with E-state index >= 15 is 0 Å². The molecule has 2 nitrogen and oxygen atoms in total. The lowest BCUT2D eigenvalue weighted by atomic mass is 10.1. The molecule has 1 aromatic carbocycles. The molecule has 0 saturated carbocycles. The summed E-state index contributed by atoms with van der Waals surface area (Å²) in [5.74, 6) is 0.647. The molecule has 2 rings (SSSR count). The molecular formula is C14H21FN2. The minimum absolute atomic E-state index is 0.191. The standard InChI is InChI=1S/C14H21FN2/c1-2-11-5-6-17(9-11)10-12-3-4-14(15)13(7-12)8-16/h3-4,7,11H,2,5-6,8-10,16H2,1H3. The second-order valence-corrected chi connectivity index (χ2v) is 4.93. The van der Waals surface area contributed by atoms with Gasteiger partial charge in [-0.3, -0.25) is 4.90 Å². The van der Waals surface area contributed by atoms with Crippen molar-refractivity contribution in [3.63, 3.8) is 0 Å². The zero-order chi connectivity index (χ0) is 12.3. The lowest BCUT2D eigenvalue weighted by Gasteiger charge is -2.16. The van der Waals surface area contributed by atoms with Crippen LogP contribution in [0.3, 0.4) is 0 Å². The lowest BCUT2D eigenvalue weighted by Crippen LogP contribution is -2.20. The Labute approximate surface area is 103 Å². The van der Waals surface area contributed by atoms with Gasteiger partial charge in [0, 0.05) is 25.2 Å². The maximum absolute atomic E-state index is 13.3. The van der Waals surface area contributed by atoms with Crippen molar-refractivity contribution in [3.05, 3.63) is 35.1 Å². The van der Waals surface area contributed by atoms with Gasteiger partial charge in [0.05, 0.1) is 0 Å². The van der Waals surface area contributed by atoms with E-state index in [0.717, 1.165) is 19.0 Å². The van der Waals surface area contributed by atoms with Crippen LogP contribution in [0.5, 0.6) is 0 Å². The highest BCUT2D eigenvalue weighted by Gasteiger charge is 2.20. The van der Waals surface area contributed by atoms with Gasteiger partial charge in [0.2, 0.25) is 0 Å². The van der Waals surface area contributed by atoms with Crippen molar-refractivity contribution in [2.45, 2.75) is 32.9 Å². The molecule has 1 aliphatic rings. The van der Waals surface area contributed by atoms with Crippen molar-refractivity contribution in [1.82, 2.24) is 4.90 Å². The van der Waals surface area contributed by atoms with E-state index in [4.69, 9.17) is 5.73 Å². The average molecular weight is 236 g/mol. The van der Waals surface area contributed by atoms with Crippen LogP contribution < -0.4 is 5.73 Å². The first-order chi connectivity index (χ1) is 8.22. The topological polar surface area (TPSA) is 29.3 Å². The van der Waals surface area contributed by atoms with Crippen LogP contribution in [0.25, 0.3) is 0 Å². The summed E-state index contributed by atoms with van der Waals surface area (Å²) in [6.07, 6.45) is 2.55. The summed E-state index contributed by atoms with van der Waals surface area (Å²) in [5.41, 5.74) is 7.31. The molecule has 0 bridgehead atoms. The molecule has 1 aliphatic heterocycles. The van der Waals surface area contributed by atoms with E-state index in [1.807, 2.05) is 12.1 Å². The molecule has 1 unspecified atom stereocenters. The highest BCUT2D eigenvalue weighted by atomic mass is 19.1. The Balaban J connectivity index is 1.99. The van der Waals surface area contributed by atoms with E-state index in [2.05, 4.69) is 11.8 Å². The van der Waals surface area contributed by atoms with Crippen molar-refractivity contribution in [2.75, 3.05) is 13.1 Å². The van der Waals surface area contributed by atoms with E-state index < -0.39 is 0 Å². The van der Waals surface area contributed by atoms with Gasteiger partial charge in [-0.2, -0.15) is 0 Å². The Morgan fingerprint density at radius 1 is 1.47 bits per heavy atom. The Morgan fingerprint density at radius 2 is 2.29 bits per heavy atom. The van der Waals surface area contributed by atoms with Gasteiger partial charge >= 0.3 is 0 Å². The van der Waals surface area contributed by atoms with Crippen LogP contribution in [0.15, 0.2) is 18.2 Å². The fourth-order valence-corrected chi connectivity index (χ4v) is 2.53. The number of likely N-dealkylation sites (tertiary alicyclic amines) is 1. The number of nitrogens with zero attached hydrogens (tertiary/aromatic N) is 1. The molecule has 0 amide bonds. The number of nitrogens with two attached hydrogens (primary N) is 1. The monoisotopic (exact) mass is 236 g/mol. The minimum Gasteiger partial charge on any atom is -0.326 e. The van der Waals surface area contributed by atoms with E-state index in [1.165, 1.54) is 31.0 Å². The normalized spacial score (nSPS) is 21.0. The first kappa shape index (κ1) is 12.5. The van der Waals surface area contributed by atoms with Crippen molar-refractivity contribution in [1.29, 1.82) is 0 Å². The zero-order valence-electron chi connectivity index (χ0n) is 10.5. The number of benzene rings is 1. The number of hydrogen-bond donors (Lipinski definition) is 1. The molecule has 94 valence electrons. The molecule has 0 aliphatic carbocycles. The summed E-state index contributed by atoms with van der Waals surface area (Å²) < 4.78 is 13.3. The first-order valence-electron chi connectivity index (χ1n) is 6.42. The van der Waals surface area contributed by atoms with Gasteiger partial charge in [-0.1, -0.05) is 25.5 Å². The smallest absolute Gasteiger partial charge is 0.127 e. The van der Waals surface area contributed by atoms with Crippen LogP contribution in [0.4, 0.5) is 4.39 Å². The first-order valence-corrected chi connectivity index (χ1v) is 6.42. The van der Waals surface area contributed by atoms with Gasteiger partial charge in [-0.05, 0) is 30.5 Å². The summed E-state index contributed by atoms with van der Waals surface area (Å²) in [5, 5.41) is 0. The molecule has 1 atom stereocenters. The third kappa shape index (κ3) is 3.05. The molecular weight excluding hydrogens is 215 g/mol. The van der Waals surface area contributed by atoms with Crippen LogP contribution in [0.2, 0.25) is 0 Å². The van der Waals surface area contributed by atoms with Crippen molar-refractivity contribution >= 4 is 0 Å². The number of hydrogen-bond acceptors (Lipinski definition) is 2. The predicted molar refractivity (Wildman–Crippen MR) is 68.0 cm³/mol. The highest BCUT2D eigenvalue weighted by molar-refractivity contribution is 5.25. The molecule has 1 heterocycles. The number of rotatable bonds is 4. The average Bonchev–Trinajstić information content (AvgIpc) is 2.79. The summed E-state index contributed by atoms with van der Waals surface area (Å²) in [7, 11) is 0. The van der Waals surface area contributed by atoms with E-state index in [9.17, 15) is 4.39 Å². The predicted octanol–water partition coefficient (Wildman–Crippen LogP) is 2.52. The Morgan fingerprint density at radius 3 is 2.94 bits per heavy atom. The molecule has 0 radical (unpaired) electrons. The summed E-state index contributed by atoms with van der Waals surface area (Å²) in [6, 6.07) is 5.30. The molecule has 1 fully saturated rings. The van der Waals surface area contributed by atoms with Crippen LogP contribution in [-0.2, 0) is 13.1 Å². The Kier molecular flexibility index (Phi) is 4.13. The molecule has 1 aromatic rings. The minimum atomic E-state index is -0.191. The summed E-state index contributed by atoms with van der Waals surface area (Å²) >= 11 is 0. The van der Waals surface area contributed by atoms with Crippen LogP contribution >= 0.6 is 0 Å². The van der Waals surface area contributed by atoms with Crippen molar-refractivity contribution in [2.24, 2.45) is 11.7 Å². The lowest BCUT2D eigenvalue weighted by molar-refractivity contribution is 0.315. The molecule has 0 aromatic heterocycles. The summed E-state index contributed by atoms with van der Waals surface area (Å²) in [4.78, 5) is 2.45. The van der Waals surface area contributed by atoms with Gasteiger partial charge in [-0.25, -0.2) is 4.39 Å². The number of halogens is 1. The largest absolute Gasteiger partial charge is 0.326 e. The fourth-order valence-electron chi connectivity index (χ4n) is 2.53. The van der Waals surface area contributed by atoms with Crippen molar-refractivity contribution < 1.29 is 4.39 Å². The Bertz CT molecular complexity index is 378. The van der Waals surface area contributed by atoms with Gasteiger partial charge in [0.1, 0.15) is 5.82 Å². The van der Waals surface area contributed by atoms with Crippen molar-refractivity contribution in [3.8, 4) is 0 Å². The highest BCUT2D eigenvalue weighted by Crippen LogP contribution is 2.21. The van der Waals surface area contributed by atoms with Gasteiger partial charge in [0.25, 0.3) is 0 Å². The van der Waals surface area contributed by atoms with E-state index in [1.54, 1.807) is 0 Å². The third-order valence-corrected chi connectivity index (χ3v) is 3.68. The maximum Gasteiger partial charge on any atom is 0.127 e. The van der Waals surface area contributed by atoms with E-state index in [0.29, 0.717) is 5.56 Å². The zero-order valence-corrected chi connectivity index (χ0v) is 10.5. The Hall–Kier alpha value is -0.930. The van der Waals surface area contributed by atoms with Crippen LogP contribution in [0, 0.1) is 11.7 Å². The molecule has 1 saturated heterocycles. The maximum atomic E-state index is 13.3. The van der Waals surface area contributed by atoms with E-state index in [-0.39, 0.29) is 12.4 Å². The second kappa shape index (κ2) is 5.61. The second-order valence-electron chi connectivity index (χ2n) is 4.93. The third-order valence-electron chi connectivity index (χ3n) is 3.68. The van der Waals surface area contributed by atoms with Crippen LogP contribution in [0.1, 0.15) is 30.9 Å². The SMILES string of the molecule is CCC1CCN(Cc2ccc(F)c(CN)c2)C1. The van der Waals surface area contributed by atoms with Gasteiger partial charge in [-0.15, -0.1) is 0 Å². The van der Waals surface area contributed by atoms with Gasteiger partial charge in [0.15, 0.2) is 0 Å².